The summed E-state index contributed by atoms with van der Waals surface area (Å²) in [5.41, 5.74) is 1.44. The van der Waals surface area contributed by atoms with E-state index in [0.29, 0.717) is 6.10 Å². The molecule has 0 aromatic carbocycles. The lowest BCUT2D eigenvalue weighted by atomic mass is 9.79. The standard InChI is InChI=1S/C13H19NO2/c1-2-11-9-13(5-8-15-11)12-10(3-6-14-13)4-7-16-12/h4,7,11,14H,2-3,5-6,8-9H2,1H3. The molecular formula is C13H19NO2. The van der Waals surface area contributed by atoms with E-state index < -0.39 is 0 Å². The molecule has 0 aliphatic carbocycles. The number of furan rings is 1. The van der Waals surface area contributed by atoms with Gasteiger partial charge in [0.25, 0.3) is 0 Å². The van der Waals surface area contributed by atoms with Crippen molar-refractivity contribution in [1.29, 1.82) is 0 Å². The maximum atomic E-state index is 5.76. The molecule has 0 bridgehead atoms. The van der Waals surface area contributed by atoms with Crippen LogP contribution in [-0.2, 0) is 16.7 Å². The second-order valence-electron chi connectivity index (χ2n) is 4.89. The molecule has 1 aromatic rings. The van der Waals surface area contributed by atoms with E-state index in [0.717, 1.165) is 38.8 Å². The SMILES string of the molecule is CCC1CC2(CCO1)NCCc1ccoc12. The van der Waals surface area contributed by atoms with Gasteiger partial charge in [0.1, 0.15) is 5.76 Å². The Hall–Kier alpha value is -0.800. The lowest BCUT2D eigenvalue weighted by Crippen LogP contribution is -2.52. The molecule has 0 amide bonds. The summed E-state index contributed by atoms with van der Waals surface area (Å²) in [5, 5.41) is 3.67. The number of rotatable bonds is 1. The average Bonchev–Trinajstić information content (AvgIpc) is 2.79. The maximum Gasteiger partial charge on any atom is 0.127 e. The zero-order valence-corrected chi connectivity index (χ0v) is 9.79. The highest BCUT2D eigenvalue weighted by Gasteiger charge is 2.43. The molecule has 0 saturated carbocycles. The number of ether oxygens (including phenoxy) is 1. The third-order valence-corrected chi connectivity index (χ3v) is 3.95. The first-order chi connectivity index (χ1) is 7.84. The smallest absolute Gasteiger partial charge is 0.127 e. The molecule has 1 N–H and O–H groups in total. The molecule has 1 fully saturated rings. The summed E-state index contributed by atoms with van der Waals surface area (Å²) in [4.78, 5) is 0. The zero-order valence-electron chi connectivity index (χ0n) is 9.79. The fraction of sp³-hybridized carbons (Fsp3) is 0.692. The van der Waals surface area contributed by atoms with E-state index in [2.05, 4.69) is 18.3 Å². The zero-order chi connectivity index (χ0) is 11.0. The normalized spacial score (nSPS) is 33.9. The van der Waals surface area contributed by atoms with Crippen LogP contribution < -0.4 is 5.32 Å². The minimum absolute atomic E-state index is 0.0516. The van der Waals surface area contributed by atoms with Gasteiger partial charge in [-0.15, -0.1) is 0 Å². The van der Waals surface area contributed by atoms with E-state index >= 15 is 0 Å². The van der Waals surface area contributed by atoms with Gasteiger partial charge in [0.15, 0.2) is 0 Å². The van der Waals surface area contributed by atoms with Gasteiger partial charge in [-0.2, -0.15) is 0 Å². The third-order valence-electron chi connectivity index (χ3n) is 3.95. The van der Waals surface area contributed by atoms with Crippen LogP contribution in [-0.4, -0.2) is 19.3 Å². The van der Waals surface area contributed by atoms with E-state index in [1.54, 1.807) is 0 Å². The molecule has 2 aliphatic heterocycles. The Labute approximate surface area is 96.2 Å². The lowest BCUT2D eigenvalue weighted by Gasteiger charge is -2.42. The molecule has 16 heavy (non-hydrogen) atoms. The highest BCUT2D eigenvalue weighted by molar-refractivity contribution is 5.28. The van der Waals surface area contributed by atoms with Gasteiger partial charge in [-0.3, -0.25) is 0 Å². The van der Waals surface area contributed by atoms with Gasteiger partial charge in [0.2, 0.25) is 0 Å². The van der Waals surface area contributed by atoms with E-state index in [1.807, 2.05) is 6.26 Å². The third kappa shape index (κ3) is 1.50. The van der Waals surface area contributed by atoms with Crippen molar-refractivity contribution >= 4 is 0 Å². The van der Waals surface area contributed by atoms with Crippen molar-refractivity contribution in [3.8, 4) is 0 Å². The molecule has 3 heterocycles. The minimum atomic E-state index is 0.0516. The molecule has 2 atom stereocenters. The van der Waals surface area contributed by atoms with Crippen molar-refractivity contribution in [3.05, 3.63) is 23.7 Å². The van der Waals surface area contributed by atoms with E-state index in [9.17, 15) is 0 Å². The van der Waals surface area contributed by atoms with Crippen LogP contribution in [0.4, 0.5) is 0 Å². The number of hydrogen-bond donors (Lipinski definition) is 1. The predicted octanol–water partition coefficient (Wildman–Crippen LogP) is 2.21. The molecule has 2 aliphatic rings. The second-order valence-corrected chi connectivity index (χ2v) is 4.89. The quantitative estimate of drug-likeness (QED) is 0.789. The van der Waals surface area contributed by atoms with Gasteiger partial charge < -0.3 is 14.5 Å². The Balaban J connectivity index is 1.94. The van der Waals surface area contributed by atoms with Crippen molar-refractivity contribution in [3.63, 3.8) is 0 Å². The van der Waals surface area contributed by atoms with Gasteiger partial charge in [-0.1, -0.05) is 6.92 Å². The second kappa shape index (κ2) is 3.90. The number of nitrogens with one attached hydrogen (secondary N) is 1. The van der Waals surface area contributed by atoms with E-state index in [1.165, 1.54) is 11.3 Å². The minimum Gasteiger partial charge on any atom is -0.467 e. The highest BCUT2D eigenvalue weighted by Crippen LogP contribution is 2.39. The van der Waals surface area contributed by atoms with Gasteiger partial charge in [-0.05, 0) is 37.3 Å². The maximum absolute atomic E-state index is 5.76. The Morgan fingerprint density at radius 3 is 3.38 bits per heavy atom. The molecule has 1 spiro atoms. The Kier molecular flexibility index (Phi) is 2.52. The van der Waals surface area contributed by atoms with Crippen LogP contribution in [0.1, 0.15) is 37.5 Å². The fourth-order valence-electron chi connectivity index (χ4n) is 3.05. The van der Waals surface area contributed by atoms with Gasteiger partial charge in [0, 0.05) is 13.2 Å². The van der Waals surface area contributed by atoms with Crippen LogP contribution in [0.25, 0.3) is 0 Å². The average molecular weight is 221 g/mol. The molecule has 1 aromatic heterocycles. The Bertz CT molecular complexity index is 374. The van der Waals surface area contributed by atoms with E-state index in [4.69, 9.17) is 9.15 Å². The number of fused-ring (bicyclic) bond motifs is 2. The first-order valence-corrected chi connectivity index (χ1v) is 6.27. The highest BCUT2D eigenvalue weighted by atomic mass is 16.5. The van der Waals surface area contributed by atoms with Crippen LogP contribution in [0.2, 0.25) is 0 Å². The predicted molar refractivity (Wildman–Crippen MR) is 61.4 cm³/mol. The van der Waals surface area contributed by atoms with Crippen molar-refractivity contribution in [1.82, 2.24) is 5.32 Å². The van der Waals surface area contributed by atoms with Gasteiger partial charge in [0.05, 0.1) is 17.9 Å². The molecular weight excluding hydrogens is 202 g/mol. The molecule has 3 rings (SSSR count). The first-order valence-electron chi connectivity index (χ1n) is 6.27. The van der Waals surface area contributed by atoms with Crippen LogP contribution in [0.3, 0.4) is 0 Å². The van der Waals surface area contributed by atoms with Crippen molar-refractivity contribution < 1.29 is 9.15 Å². The molecule has 88 valence electrons. The Morgan fingerprint density at radius 2 is 2.50 bits per heavy atom. The summed E-state index contributed by atoms with van der Waals surface area (Å²) >= 11 is 0. The summed E-state index contributed by atoms with van der Waals surface area (Å²) in [6, 6.07) is 2.12. The van der Waals surface area contributed by atoms with Crippen LogP contribution in [0, 0.1) is 0 Å². The summed E-state index contributed by atoms with van der Waals surface area (Å²) in [6.45, 7) is 4.09. The lowest BCUT2D eigenvalue weighted by molar-refractivity contribution is -0.0402. The topological polar surface area (TPSA) is 34.4 Å². The molecule has 3 nitrogen and oxygen atoms in total. The Morgan fingerprint density at radius 1 is 1.56 bits per heavy atom. The molecule has 3 heteroatoms. The summed E-state index contributed by atoms with van der Waals surface area (Å²) in [6.07, 6.45) is 6.45. The first kappa shape index (κ1) is 10.4. The summed E-state index contributed by atoms with van der Waals surface area (Å²) < 4.78 is 11.5. The summed E-state index contributed by atoms with van der Waals surface area (Å²) in [5.74, 6) is 1.17. The van der Waals surface area contributed by atoms with Crippen LogP contribution in [0.15, 0.2) is 16.7 Å². The molecule has 0 radical (unpaired) electrons. The van der Waals surface area contributed by atoms with Crippen LogP contribution in [0.5, 0.6) is 0 Å². The van der Waals surface area contributed by atoms with E-state index in [-0.39, 0.29) is 5.54 Å². The van der Waals surface area contributed by atoms with Crippen molar-refractivity contribution in [2.45, 2.75) is 44.2 Å². The number of hydrogen-bond acceptors (Lipinski definition) is 3. The largest absolute Gasteiger partial charge is 0.467 e. The van der Waals surface area contributed by atoms with Crippen molar-refractivity contribution in [2.24, 2.45) is 0 Å². The monoisotopic (exact) mass is 221 g/mol. The summed E-state index contributed by atoms with van der Waals surface area (Å²) in [7, 11) is 0. The van der Waals surface area contributed by atoms with Gasteiger partial charge >= 0.3 is 0 Å². The van der Waals surface area contributed by atoms with Crippen molar-refractivity contribution in [2.75, 3.05) is 13.2 Å². The molecule has 1 saturated heterocycles. The molecule has 2 unspecified atom stereocenters. The van der Waals surface area contributed by atoms with Crippen LogP contribution >= 0.6 is 0 Å². The fourth-order valence-corrected chi connectivity index (χ4v) is 3.05. The van der Waals surface area contributed by atoms with Gasteiger partial charge in [-0.25, -0.2) is 0 Å².